The summed E-state index contributed by atoms with van der Waals surface area (Å²) in [4.78, 5) is 275. The molecule has 1 aliphatic heterocycles. The Morgan fingerprint density at radius 1 is 0.463 bits per heavy atom. The van der Waals surface area contributed by atoms with E-state index in [1.54, 1.807) is 107 Å². The van der Waals surface area contributed by atoms with Crippen LogP contribution in [0.3, 0.4) is 0 Å². The van der Waals surface area contributed by atoms with Gasteiger partial charge in [-0.1, -0.05) is 157 Å². The Labute approximate surface area is 777 Å². The molecule has 2 heterocycles. The summed E-state index contributed by atoms with van der Waals surface area (Å²) in [5.74, 6) is -24.5. The van der Waals surface area contributed by atoms with E-state index in [-0.39, 0.29) is 37.0 Å². The number of likely N-dealkylation sites (N-methyl/N-ethyl adjacent to an activating group) is 2. The molecule has 0 bridgehead atoms. The maximum atomic E-state index is 15.4. The number of carbonyl (C=O) groups excluding carboxylic acids is 17. The summed E-state index contributed by atoms with van der Waals surface area (Å²) in [6.45, 7) is 10.1. The number of amides is 17. The lowest BCUT2D eigenvalue weighted by atomic mass is 9.98. The van der Waals surface area contributed by atoms with Gasteiger partial charge in [-0.25, -0.2) is 0 Å². The molecule has 42 heteroatoms. The maximum absolute atomic E-state index is 15.4. The second-order valence-corrected chi connectivity index (χ2v) is 35.1. The second-order valence-electron chi connectivity index (χ2n) is 34.0. The van der Waals surface area contributed by atoms with Gasteiger partial charge in [0.1, 0.15) is 90.3 Å². The van der Waals surface area contributed by atoms with Crippen molar-refractivity contribution in [1.29, 1.82) is 0 Å². The summed E-state index contributed by atoms with van der Waals surface area (Å²) >= 11 is 0.691. The van der Waals surface area contributed by atoms with Gasteiger partial charge in [-0.3, -0.25) is 91.1 Å². The highest BCUT2D eigenvalue weighted by atomic mass is 32.2. The molecule has 1 aliphatic rings. The molecule has 17 amide bonds. The highest BCUT2D eigenvalue weighted by Gasteiger charge is 2.41. The number of benzene rings is 5. The number of primary amides is 2. The van der Waals surface area contributed by atoms with Gasteiger partial charge in [0, 0.05) is 69.1 Å². The Bertz CT molecular complexity index is 5180. The SMILES string of the molecule is CC(C)C[C@@H]1NC(=O)[C@H](Cc2c[nH]c3ccccc23)NC(=O)[C@H](CC(=O)O)NC(=O)[C@H](Cc2ccc(O)cc2)NC(=O)[C@H](Cc2ccccc2)NC(=O)CSC[C@@H](C(=O)N[C@@H](C)C(N)=O)NC(=O)[C@H](CO)NC(=O)[C@H](C(C)C)NC(=O)[C@H](CC(C)C)NC(=O)[C@H](CC(N)=O)NC(=O)CN(C)C(=O)[C@H](C)N(C)C(=O)[C@H](CCC(=O)O)NC(=O)[C@H](Cc2ccc(-c3ccccc3)cc2)NC1=O. The van der Waals surface area contributed by atoms with Crippen LogP contribution in [0.15, 0.2) is 140 Å². The molecule has 0 spiro atoms. The molecule has 7 rings (SSSR count). The molecule has 14 atom stereocenters. The van der Waals surface area contributed by atoms with Crippen LogP contribution in [0.1, 0.15) is 116 Å². The fourth-order valence-electron chi connectivity index (χ4n) is 14.5. The standard InChI is InChI=1S/C92H120N18O23S/c1-48(2)35-63-80(121)102-66(38-54-25-29-57(30-26-54)56-21-15-12-16-22-56)82(123)99-62(33-34-76(116)117)92(133)110(10)52(8)91(132)109(9)44-74(114)97-69(41-73(93)113)85(126)101-64(36-49(3)4)87(128)108-78(50(5)6)90(131)106-71(45-111)88(129)107-72(89(130)96-51(7)79(94)120)46-134-47-75(115)98-65(37-53-19-13-11-14-20-53)81(122)103-67(39-55-27-31-59(112)32-28-55)83(124)105-70(42-77(118)119)86(127)104-68(84(125)100-63)40-58-43-95-61-24-18-17-23-60(58)61/h11-32,43,48-52,62-72,78,95,111-112H,33-42,44-47H2,1-10H3,(H2,93,113)(H2,94,120)(H,96,130)(H,97,114)(H,98,115)(H,99,123)(H,100,125)(H,101,126)(H,102,121)(H,103,122)(H,104,127)(H,105,124)(H,106,131)(H,107,129)(H,108,128)(H,116,117)(H,118,119)/t51-,52-,62-,63-,64-,65-,66-,67-,68-,69-,70-,71-,72-,78-/m0/s1. The smallest absolute Gasteiger partial charge is 0.305 e. The summed E-state index contributed by atoms with van der Waals surface area (Å²) in [5, 5.41) is 74.8. The van der Waals surface area contributed by atoms with Crippen LogP contribution in [0.5, 0.6) is 5.75 Å². The van der Waals surface area contributed by atoms with Gasteiger partial charge in [0.15, 0.2) is 0 Å². The number of nitrogens with two attached hydrogens (primary N) is 2. The number of aliphatic carboxylic acids is 2. The monoisotopic (exact) mass is 1880 g/mol. The third kappa shape index (κ3) is 33.5. The molecule has 722 valence electrons. The number of aromatic hydroxyl groups is 1. The number of carboxylic acid groups (broad SMARTS) is 2. The third-order valence-corrected chi connectivity index (χ3v) is 22.9. The van der Waals surface area contributed by atoms with E-state index in [9.17, 15) is 82.8 Å². The normalized spacial score (nSPS) is 22.9. The minimum Gasteiger partial charge on any atom is -0.508 e. The molecule has 1 fully saturated rings. The molecule has 0 unspecified atom stereocenters. The van der Waals surface area contributed by atoms with Gasteiger partial charge in [-0.15, -0.1) is 11.8 Å². The Morgan fingerprint density at radius 3 is 1.41 bits per heavy atom. The molecular formula is C92H120N18O23S. The summed E-state index contributed by atoms with van der Waals surface area (Å²) in [6.07, 6.45) is -3.71. The Hall–Kier alpha value is -14.3. The van der Waals surface area contributed by atoms with Crippen molar-refractivity contribution in [2.45, 2.75) is 204 Å². The molecule has 0 aliphatic carbocycles. The maximum Gasteiger partial charge on any atom is 0.305 e. The van der Waals surface area contributed by atoms with Crippen molar-refractivity contribution in [3.8, 4) is 16.9 Å². The zero-order valence-corrected chi connectivity index (χ0v) is 76.8. The first-order valence-corrected chi connectivity index (χ1v) is 44.7. The number of nitrogens with one attached hydrogen (secondary N) is 14. The van der Waals surface area contributed by atoms with Crippen molar-refractivity contribution in [3.63, 3.8) is 0 Å². The van der Waals surface area contributed by atoms with E-state index >= 15 is 28.8 Å². The summed E-state index contributed by atoms with van der Waals surface area (Å²) in [5.41, 5.74) is 14.8. The van der Waals surface area contributed by atoms with Crippen LogP contribution in [0.2, 0.25) is 0 Å². The fraction of sp³-hybridized carbons (Fsp3) is 0.446. The summed E-state index contributed by atoms with van der Waals surface area (Å²) in [7, 11) is 2.28. The minimum atomic E-state index is -2.10. The number of phenols is 1. The number of aromatic nitrogens is 1. The average molecular weight is 1880 g/mol. The topological polar surface area (TPSA) is 636 Å². The zero-order valence-electron chi connectivity index (χ0n) is 76.0. The number of H-pyrrole nitrogens is 1. The first-order valence-electron chi connectivity index (χ1n) is 43.5. The van der Waals surface area contributed by atoms with E-state index in [4.69, 9.17) is 11.5 Å². The van der Waals surface area contributed by atoms with E-state index in [2.05, 4.69) is 74.1 Å². The largest absolute Gasteiger partial charge is 0.508 e. The number of nitrogens with zero attached hydrogens (tertiary/aromatic N) is 2. The lowest BCUT2D eigenvalue weighted by Gasteiger charge is -2.32. The summed E-state index contributed by atoms with van der Waals surface area (Å²) in [6, 6.07) is 12.4. The third-order valence-electron chi connectivity index (χ3n) is 21.9. The molecule has 134 heavy (non-hydrogen) atoms. The number of aliphatic hydroxyl groups is 1. The van der Waals surface area contributed by atoms with E-state index in [1.807, 2.05) is 30.3 Å². The predicted molar refractivity (Wildman–Crippen MR) is 490 cm³/mol. The average Bonchev–Trinajstić information content (AvgIpc) is 1.72. The molecule has 41 nitrogen and oxygen atoms in total. The number of phenolic OH excluding ortho intramolecular Hbond substituents is 1. The van der Waals surface area contributed by atoms with Crippen LogP contribution in [-0.2, 0) is 117 Å². The molecule has 0 radical (unpaired) electrons. The number of aliphatic hydroxyl groups excluding tert-OH is 1. The van der Waals surface area contributed by atoms with Gasteiger partial charge in [-0.2, -0.15) is 0 Å². The van der Waals surface area contributed by atoms with E-state index in [0.29, 0.717) is 39.4 Å². The lowest BCUT2D eigenvalue weighted by Crippen LogP contribution is -2.61. The van der Waals surface area contributed by atoms with E-state index in [0.717, 1.165) is 35.0 Å². The van der Waals surface area contributed by atoms with Gasteiger partial charge < -0.3 is 116 Å². The van der Waals surface area contributed by atoms with Crippen LogP contribution >= 0.6 is 11.8 Å². The number of aromatic amines is 1. The molecule has 22 N–H and O–H groups in total. The predicted octanol–water partition coefficient (Wildman–Crippen LogP) is -1.37. The number of carbonyl (C=O) groups is 19. The van der Waals surface area contributed by atoms with Crippen molar-refractivity contribution in [2.24, 2.45) is 29.2 Å². The number of para-hydroxylation sites is 1. The van der Waals surface area contributed by atoms with Gasteiger partial charge in [0.25, 0.3) is 0 Å². The van der Waals surface area contributed by atoms with Crippen molar-refractivity contribution in [2.75, 3.05) is 38.8 Å². The highest BCUT2D eigenvalue weighted by molar-refractivity contribution is 8.00. The van der Waals surface area contributed by atoms with E-state index < -0.39 is 278 Å². The van der Waals surface area contributed by atoms with Crippen LogP contribution in [0.25, 0.3) is 22.0 Å². The van der Waals surface area contributed by atoms with Gasteiger partial charge >= 0.3 is 11.9 Å². The Kier molecular flexibility index (Phi) is 41.0. The van der Waals surface area contributed by atoms with Crippen LogP contribution < -0.4 is 80.6 Å². The van der Waals surface area contributed by atoms with Gasteiger partial charge in [-0.05, 0) is 102 Å². The zero-order chi connectivity index (χ0) is 98.9. The Balaban J connectivity index is 1.32. The molecule has 1 saturated heterocycles. The van der Waals surface area contributed by atoms with Crippen LogP contribution in [-0.4, -0.2) is 271 Å². The molecule has 0 saturated carbocycles. The second kappa shape index (κ2) is 51.5. The molecule has 5 aromatic carbocycles. The molecule has 6 aromatic rings. The first kappa shape index (κ1) is 107. The number of thioether (sulfide) groups is 1. The van der Waals surface area contributed by atoms with Crippen molar-refractivity contribution in [3.05, 3.63) is 162 Å². The van der Waals surface area contributed by atoms with Crippen molar-refractivity contribution in [1.82, 2.24) is 83.9 Å². The fourth-order valence-corrected chi connectivity index (χ4v) is 15.3. The van der Waals surface area contributed by atoms with E-state index in [1.165, 1.54) is 58.2 Å². The summed E-state index contributed by atoms with van der Waals surface area (Å²) < 4.78 is 0. The highest BCUT2D eigenvalue weighted by Crippen LogP contribution is 2.24. The number of hydrogen-bond acceptors (Lipinski definition) is 22. The molecule has 1 aromatic heterocycles. The number of carboxylic acids is 2. The Morgan fingerprint density at radius 2 is 0.896 bits per heavy atom. The number of fused-ring (bicyclic) bond motifs is 1. The van der Waals surface area contributed by atoms with Gasteiger partial charge in [0.05, 0.1) is 31.7 Å². The number of rotatable bonds is 25. The first-order chi connectivity index (χ1) is 63.4. The minimum absolute atomic E-state index is 0.159. The van der Waals surface area contributed by atoms with Crippen molar-refractivity contribution < 1.29 is 112 Å². The van der Waals surface area contributed by atoms with Gasteiger partial charge in [0.2, 0.25) is 100 Å². The quantitative estimate of drug-likeness (QED) is 0.0314. The van der Waals surface area contributed by atoms with Crippen molar-refractivity contribution >= 4 is 135 Å². The number of hydrogen-bond donors (Lipinski definition) is 20. The lowest BCUT2D eigenvalue weighted by molar-refractivity contribution is -0.147. The van der Waals surface area contributed by atoms with Crippen LogP contribution in [0.4, 0.5) is 0 Å². The van der Waals surface area contributed by atoms with Crippen LogP contribution in [0, 0.1) is 17.8 Å². The molecular weight excluding hydrogens is 1760 g/mol.